The first-order valence-corrected chi connectivity index (χ1v) is 16.2. The number of amides is 3. The molecule has 1 aliphatic heterocycles. The molecule has 1 heterocycles. The molecule has 15 heteroatoms. The van der Waals surface area contributed by atoms with Gasteiger partial charge in [-0.25, -0.2) is 13.6 Å². The van der Waals surface area contributed by atoms with Gasteiger partial charge in [0.25, 0.3) is 11.8 Å². The van der Waals surface area contributed by atoms with Gasteiger partial charge in [0, 0.05) is 48.1 Å². The Bertz CT molecular complexity index is 1870. The van der Waals surface area contributed by atoms with Gasteiger partial charge < -0.3 is 30.5 Å². The van der Waals surface area contributed by atoms with E-state index >= 15 is 0 Å². The van der Waals surface area contributed by atoms with Crippen molar-refractivity contribution >= 4 is 23.6 Å². The van der Waals surface area contributed by atoms with Crippen LogP contribution >= 0.6 is 0 Å². The van der Waals surface area contributed by atoms with Gasteiger partial charge in [-0.05, 0) is 42.3 Å². The van der Waals surface area contributed by atoms with E-state index in [4.69, 9.17) is 9.47 Å². The third kappa shape index (κ3) is 10.0. The van der Waals surface area contributed by atoms with E-state index in [-0.39, 0.29) is 54.4 Å². The van der Waals surface area contributed by atoms with Crippen LogP contribution in [-0.4, -0.2) is 61.5 Å². The molecular weight excluding hydrogens is 691 g/mol. The van der Waals surface area contributed by atoms with E-state index in [1.54, 1.807) is 6.92 Å². The van der Waals surface area contributed by atoms with Crippen LogP contribution in [0.4, 0.5) is 32.4 Å². The molecule has 4 aromatic rings. The van der Waals surface area contributed by atoms with Crippen molar-refractivity contribution in [3.05, 3.63) is 130 Å². The zero-order valence-electron chi connectivity index (χ0n) is 27.8. The zero-order chi connectivity index (χ0) is 37.4. The number of benzene rings is 4. The van der Waals surface area contributed by atoms with E-state index in [0.29, 0.717) is 6.07 Å². The van der Waals surface area contributed by atoms with E-state index in [1.807, 2.05) is 30.3 Å². The van der Waals surface area contributed by atoms with E-state index in [9.17, 15) is 41.4 Å². The lowest BCUT2D eigenvalue weighted by molar-refractivity contribution is -0.137. The summed E-state index contributed by atoms with van der Waals surface area (Å²) in [6, 6.07) is 18.6. The van der Waals surface area contributed by atoms with Gasteiger partial charge >= 0.3 is 12.3 Å². The lowest BCUT2D eigenvalue weighted by Gasteiger charge is -2.25. The highest BCUT2D eigenvalue weighted by molar-refractivity contribution is 6.03. The summed E-state index contributed by atoms with van der Waals surface area (Å²) in [4.78, 5) is 40.9. The first-order valence-electron chi connectivity index (χ1n) is 16.2. The molecule has 4 aromatic carbocycles. The Balaban J connectivity index is 1.37. The van der Waals surface area contributed by atoms with Crippen LogP contribution in [0.25, 0.3) is 0 Å². The van der Waals surface area contributed by atoms with Crippen LogP contribution in [0.3, 0.4) is 0 Å². The van der Waals surface area contributed by atoms with Gasteiger partial charge in [-0.3, -0.25) is 14.5 Å². The molecule has 5 rings (SSSR count). The molecule has 4 N–H and O–H groups in total. The number of nitrogens with one attached hydrogen (secondary N) is 3. The van der Waals surface area contributed by atoms with Gasteiger partial charge in [0.15, 0.2) is 0 Å². The normalized spacial score (nSPS) is 14.7. The van der Waals surface area contributed by atoms with Crippen molar-refractivity contribution in [2.45, 2.75) is 37.8 Å². The summed E-state index contributed by atoms with van der Waals surface area (Å²) in [6.07, 6.45) is -6.68. The fraction of sp³-hybridized carbons (Fsp3) is 0.270. The molecule has 3 amide bonds. The molecule has 3 unspecified atom stereocenters. The van der Waals surface area contributed by atoms with Crippen molar-refractivity contribution in [3.63, 3.8) is 0 Å². The third-order valence-corrected chi connectivity index (χ3v) is 8.15. The Morgan fingerprint density at radius 3 is 2.21 bits per heavy atom. The van der Waals surface area contributed by atoms with Crippen molar-refractivity contribution in [3.8, 4) is 5.75 Å². The second kappa shape index (κ2) is 16.7. The van der Waals surface area contributed by atoms with E-state index < -0.39 is 66.1 Å². The molecule has 52 heavy (non-hydrogen) atoms. The Morgan fingerprint density at radius 1 is 0.904 bits per heavy atom. The third-order valence-electron chi connectivity index (χ3n) is 8.15. The smallest absolute Gasteiger partial charge is 0.416 e. The Morgan fingerprint density at radius 2 is 1.58 bits per heavy atom. The monoisotopic (exact) mass is 726 g/mol. The minimum absolute atomic E-state index is 0.0384. The fourth-order valence-corrected chi connectivity index (χ4v) is 5.42. The fourth-order valence-electron chi connectivity index (χ4n) is 5.42. The molecule has 1 saturated heterocycles. The number of carbonyl (C=O) groups excluding carboxylic acids is 3. The van der Waals surface area contributed by atoms with Crippen molar-refractivity contribution in [2.75, 3.05) is 31.2 Å². The van der Waals surface area contributed by atoms with E-state index in [1.165, 1.54) is 35.2 Å². The van der Waals surface area contributed by atoms with Crippen LogP contribution in [0.2, 0.25) is 0 Å². The predicted molar refractivity (Wildman–Crippen MR) is 180 cm³/mol. The standard InChI is InChI=1S/C37H35F5N4O6/c1-22(24-7-3-2-4-8-24)44-34(48)25-13-26(15-30(14-25)46-10-11-51-36(46)50)35(49)45-32(21-52-31-17-28(38)16-29(39)18-31)33(47)20-43-19-23-6-5-9-27(12-23)37(40,41)42/h2-9,12-18,22,32-33,43,47H,10-11,19-21H2,1H3,(H,44,48)(H,45,49). The van der Waals surface area contributed by atoms with Crippen molar-refractivity contribution < 1.29 is 50.9 Å². The largest absolute Gasteiger partial charge is 0.491 e. The summed E-state index contributed by atoms with van der Waals surface area (Å²) in [7, 11) is 0. The zero-order valence-corrected chi connectivity index (χ0v) is 27.8. The second-order valence-corrected chi connectivity index (χ2v) is 12.0. The number of carbonyl (C=O) groups is 3. The molecule has 0 saturated carbocycles. The van der Waals surface area contributed by atoms with Crippen LogP contribution in [0.1, 0.15) is 50.4 Å². The minimum Gasteiger partial charge on any atom is -0.491 e. The molecule has 1 fully saturated rings. The van der Waals surface area contributed by atoms with Crippen LogP contribution in [0.5, 0.6) is 5.75 Å². The van der Waals surface area contributed by atoms with E-state index in [0.717, 1.165) is 29.8 Å². The Kier molecular flexibility index (Phi) is 12.1. The first kappa shape index (κ1) is 37.7. The number of aliphatic hydroxyl groups is 1. The predicted octanol–water partition coefficient (Wildman–Crippen LogP) is 5.76. The minimum atomic E-state index is -4.55. The van der Waals surface area contributed by atoms with Crippen molar-refractivity contribution in [1.82, 2.24) is 16.0 Å². The number of anilines is 1. The lowest BCUT2D eigenvalue weighted by atomic mass is 10.0. The summed E-state index contributed by atoms with van der Waals surface area (Å²) >= 11 is 0. The highest BCUT2D eigenvalue weighted by Crippen LogP contribution is 2.29. The molecule has 0 radical (unpaired) electrons. The lowest BCUT2D eigenvalue weighted by Crippen LogP contribution is -2.50. The summed E-state index contributed by atoms with van der Waals surface area (Å²) < 4.78 is 77.8. The number of cyclic esters (lactones) is 1. The Labute approximate surface area is 295 Å². The molecule has 0 bridgehead atoms. The van der Waals surface area contributed by atoms with Crippen LogP contribution in [0, 0.1) is 11.6 Å². The number of aliphatic hydroxyl groups excluding tert-OH is 1. The van der Waals surface area contributed by atoms with Gasteiger partial charge in [0.05, 0.1) is 30.3 Å². The average molecular weight is 727 g/mol. The first-order chi connectivity index (χ1) is 24.8. The molecule has 10 nitrogen and oxygen atoms in total. The Hall–Kier alpha value is -5.54. The maximum Gasteiger partial charge on any atom is 0.416 e. The molecule has 0 spiro atoms. The summed E-state index contributed by atoms with van der Waals surface area (Å²) in [5, 5.41) is 19.5. The van der Waals surface area contributed by atoms with Gasteiger partial charge in [0.2, 0.25) is 0 Å². The average Bonchev–Trinajstić information content (AvgIpc) is 3.55. The SMILES string of the molecule is CC(NC(=O)c1cc(C(=O)NC(COc2cc(F)cc(F)c2)C(O)CNCc2cccc(C(F)(F)F)c2)cc(N2CCOC2=O)c1)c1ccccc1. The van der Waals surface area contributed by atoms with Crippen LogP contribution in [-0.2, 0) is 17.5 Å². The summed E-state index contributed by atoms with van der Waals surface area (Å²) in [5.74, 6) is -3.45. The number of nitrogens with zero attached hydrogens (tertiary/aromatic N) is 1. The van der Waals surface area contributed by atoms with Gasteiger partial charge in [-0.2, -0.15) is 13.2 Å². The molecule has 0 aromatic heterocycles. The molecule has 1 aliphatic rings. The maximum atomic E-state index is 13.9. The highest BCUT2D eigenvalue weighted by atomic mass is 19.4. The number of alkyl halides is 3. The number of ether oxygens (including phenoxy) is 2. The molecule has 0 aliphatic carbocycles. The topological polar surface area (TPSA) is 129 Å². The van der Waals surface area contributed by atoms with Gasteiger partial charge in [-0.1, -0.05) is 48.5 Å². The summed E-state index contributed by atoms with van der Waals surface area (Å²) in [6.45, 7) is 1.18. The number of rotatable bonds is 14. The highest BCUT2D eigenvalue weighted by Gasteiger charge is 2.31. The molecular formula is C37H35F5N4O6. The quantitative estimate of drug-likeness (QED) is 0.122. The van der Waals surface area contributed by atoms with Crippen LogP contribution in [0.15, 0.2) is 91.0 Å². The molecule has 274 valence electrons. The molecule has 3 atom stereocenters. The number of hydrogen-bond donors (Lipinski definition) is 4. The number of hydrogen-bond acceptors (Lipinski definition) is 7. The van der Waals surface area contributed by atoms with Crippen molar-refractivity contribution in [1.29, 1.82) is 0 Å². The maximum absolute atomic E-state index is 13.9. The second-order valence-electron chi connectivity index (χ2n) is 12.0. The van der Waals surface area contributed by atoms with Crippen molar-refractivity contribution in [2.24, 2.45) is 0 Å². The van der Waals surface area contributed by atoms with Crippen LogP contribution < -0.4 is 25.6 Å². The van der Waals surface area contributed by atoms with Gasteiger partial charge in [0.1, 0.15) is 30.6 Å². The number of halogens is 5. The summed E-state index contributed by atoms with van der Waals surface area (Å²) in [5.41, 5.74) is 0.403. The van der Waals surface area contributed by atoms with Gasteiger partial charge in [-0.15, -0.1) is 0 Å². The van der Waals surface area contributed by atoms with E-state index in [2.05, 4.69) is 16.0 Å².